The molecule has 0 spiro atoms. The van der Waals surface area contributed by atoms with Crippen LogP contribution in [-0.2, 0) is 16.1 Å². The first-order chi connectivity index (χ1) is 19.3. The lowest BCUT2D eigenvalue weighted by Crippen LogP contribution is -2.17. The van der Waals surface area contributed by atoms with Gasteiger partial charge in [0.1, 0.15) is 12.4 Å². The molecule has 0 aliphatic heterocycles. The third kappa shape index (κ3) is 14.4. The number of alkyl halides is 3. The molecular formula is C32H43F3O5. The van der Waals surface area contributed by atoms with Crippen molar-refractivity contribution < 1.29 is 37.0 Å². The van der Waals surface area contributed by atoms with Crippen molar-refractivity contribution in [3.05, 3.63) is 65.2 Å². The summed E-state index contributed by atoms with van der Waals surface area (Å²) in [6, 6.07) is 11.2. The van der Waals surface area contributed by atoms with Crippen LogP contribution < -0.4 is 4.74 Å². The summed E-state index contributed by atoms with van der Waals surface area (Å²) in [6.45, 7) is 2.36. The summed E-state index contributed by atoms with van der Waals surface area (Å²) in [5.41, 5.74) is 0.665. The zero-order valence-corrected chi connectivity index (χ0v) is 23.6. The molecule has 0 fully saturated rings. The van der Waals surface area contributed by atoms with Crippen molar-refractivity contribution in [2.75, 3.05) is 6.61 Å². The van der Waals surface area contributed by atoms with Gasteiger partial charge in [-0.1, -0.05) is 115 Å². The fraction of sp³-hybridized carbons (Fsp3) is 0.562. The van der Waals surface area contributed by atoms with Gasteiger partial charge in [0, 0.05) is 0 Å². The lowest BCUT2D eigenvalue weighted by molar-refractivity contribution is -0.274. The SMILES string of the molecule is CCCCCCCCCCCCCCCCOC(=O)c1ccccc1C(=O)OCc1ccc(OC(F)(F)F)cc1. The Morgan fingerprint density at radius 1 is 0.625 bits per heavy atom. The molecule has 8 heteroatoms. The fourth-order valence-corrected chi connectivity index (χ4v) is 4.39. The second kappa shape index (κ2) is 19.1. The van der Waals surface area contributed by atoms with E-state index < -0.39 is 18.3 Å². The molecule has 0 unspecified atom stereocenters. The molecule has 0 saturated heterocycles. The summed E-state index contributed by atoms with van der Waals surface area (Å²) in [7, 11) is 0. The highest BCUT2D eigenvalue weighted by Gasteiger charge is 2.31. The zero-order chi connectivity index (χ0) is 29.1. The molecule has 0 saturated carbocycles. The molecule has 5 nitrogen and oxygen atoms in total. The van der Waals surface area contributed by atoms with Gasteiger partial charge in [-0.25, -0.2) is 9.59 Å². The third-order valence-corrected chi connectivity index (χ3v) is 6.62. The highest BCUT2D eigenvalue weighted by molar-refractivity contribution is 6.03. The van der Waals surface area contributed by atoms with Crippen molar-refractivity contribution in [1.29, 1.82) is 0 Å². The molecule has 2 rings (SSSR count). The normalized spacial score (nSPS) is 11.3. The van der Waals surface area contributed by atoms with Gasteiger partial charge < -0.3 is 14.2 Å². The van der Waals surface area contributed by atoms with Crippen LogP contribution in [0.15, 0.2) is 48.5 Å². The molecule has 0 bridgehead atoms. The molecule has 2 aromatic rings. The van der Waals surface area contributed by atoms with Gasteiger partial charge >= 0.3 is 18.3 Å². The number of esters is 2. The number of halogens is 3. The third-order valence-electron chi connectivity index (χ3n) is 6.62. The summed E-state index contributed by atoms with van der Waals surface area (Å²) < 4.78 is 51.4. The van der Waals surface area contributed by atoms with Crippen LogP contribution in [-0.4, -0.2) is 24.9 Å². The quantitative estimate of drug-likeness (QED) is 0.118. The first-order valence-corrected chi connectivity index (χ1v) is 14.6. The van der Waals surface area contributed by atoms with Gasteiger partial charge in [0.25, 0.3) is 0 Å². The Labute approximate surface area is 236 Å². The maximum atomic E-state index is 12.6. The Hall–Kier alpha value is -3.03. The Bertz CT molecular complexity index is 989. The molecule has 0 aromatic heterocycles. The molecule has 0 amide bonds. The average Bonchev–Trinajstić information content (AvgIpc) is 2.93. The van der Waals surface area contributed by atoms with Crippen LogP contribution in [0.1, 0.15) is 123 Å². The van der Waals surface area contributed by atoms with Crippen molar-refractivity contribution in [3.63, 3.8) is 0 Å². The van der Waals surface area contributed by atoms with Crippen LogP contribution in [0.25, 0.3) is 0 Å². The first kappa shape index (κ1) is 33.2. The standard InChI is InChI=1S/C32H43F3O5/c1-2-3-4-5-6-7-8-9-10-11-12-13-14-17-24-38-30(36)28-18-15-16-19-29(28)31(37)39-25-26-20-22-27(23-21-26)40-32(33,34)35/h15-16,18-23H,2-14,17,24-25H2,1H3. The van der Waals surface area contributed by atoms with E-state index in [2.05, 4.69) is 11.7 Å². The first-order valence-electron chi connectivity index (χ1n) is 14.6. The van der Waals surface area contributed by atoms with Gasteiger partial charge in [0.15, 0.2) is 0 Å². The van der Waals surface area contributed by atoms with Crippen molar-refractivity contribution in [2.45, 2.75) is 110 Å². The number of carbonyl (C=O) groups is 2. The van der Waals surface area contributed by atoms with E-state index in [0.29, 0.717) is 5.56 Å². The van der Waals surface area contributed by atoms with Gasteiger partial charge in [0.2, 0.25) is 0 Å². The summed E-state index contributed by atoms with van der Waals surface area (Å²) >= 11 is 0. The molecule has 0 aliphatic carbocycles. The van der Waals surface area contributed by atoms with E-state index in [0.717, 1.165) is 31.4 Å². The highest BCUT2D eigenvalue weighted by atomic mass is 19.4. The number of benzene rings is 2. The van der Waals surface area contributed by atoms with Crippen LogP contribution in [0.2, 0.25) is 0 Å². The van der Waals surface area contributed by atoms with E-state index in [4.69, 9.17) is 9.47 Å². The van der Waals surface area contributed by atoms with Crippen LogP contribution in [0.3, 0.4) is 0 Å². The number of rotatable bonds is 20. The monoisotopic (exact) mass is 564 g/mol. The van der Waals surface area contributed by atoms with E-state index in [1.165, 1.54) is 94.9 Å². The zero-order valence-electron chi connectivity index (χ0n) is 23.6. The van der Waals surface area contributed by atoms with Crippen molar-refractivity contribution in [1.82, 2.24) is 0 Å². The molecule has 0 heterocycles. The van der Waals surface area contributed by atoms with Crippen LogP contribution in [0.4, 0.5) is 13.2 Å². The smallest absolute Gasteiger partial charge is 0.462 e. The van der Waals surface area contributed by atoms with Gasteiger partial charge in [-0.15, -0.1) is 13.2 Å². The summed E-state index contributed by atoms with van der Waals surface area (Å²) in [5.74, 6) is -1.68. The Kier molecular flexibility index (Phi) is 15.9. The predicted molar refractivity (Wildman–Crippen MR) is 149 cm³/mol. The van der Waals surface area contributed by atoms with Crippen LogP contribution in [0, 0.1) is 0 Å². The van der Waals surface area contributed by atoms with Gasteiger partial charge in [0.05, 0.1) is 17.7 Å². The Morgan fingerprint density at radius 3 is 1.55 bits per heavy atom. The predicted octanol–water partition coefficient (Wildman–Crippen LogP) is 9.58. The molecular weight excluding hydrogens is 521 g/mol. The molecule has 0 N–H and O–H groups in total. The van der Waals surface area contributed by atoms with Gasteiger partial charge in [-0.2, -0.15) is 0 Å². The van der Waals surface area contributed by atoms with Crippen LogP contribution in [0.5, 0.6) is 5.75 Å². The highest BCUT2D eigenvalue weighted by Crippen LogP contribution is 2.23. The van der Waals surface area contributed by atoms with E-state index >= 15 is 0 Å². The minimum absolute atomic E-state index is 0.0745. The largest absolute Gasteiger partial charge is 0.573 e. The second-order valence-corrected chi connectivity index (χ2v) is 10.0. The van der Waals surface area contributed by atoms with Crippen molar-refractivity contribution in [3.8, 4) is 5.75 Å². The molecule has 0 radical (unpaired) electrons. The van der Waals surface area contributed by atoms with Crippen LogP contribution >= 0.6 is 0 Å². The van der Waals surface area contributed by atoms with Gasteiger partial charge in [-0.05, 0) is 36.2 Å². The number of hydrogen-bond donors (Lipinski definition) is 0. The molecule has 2 aromatic carbocycles. The maximum Gasteiger partial charge on any atom is 0.573 e. The van der Waals surface area contributed by atoms with E-state index in [1.807, 2.05) is 0 Å². The lowest BCUT2D eigenvalue weighted by atomic mass is 10.0. The van der Waals surface area contributed by atoms with E-state index in [1.54, 1.807) is 12.1 Å². The van der Waals surface area contributed by atoms with Crippen molar-refractivity contribution in [2.24, 2.45) is 0 Å². The minimum atomic E-state index is -4.78. The van der Waals surface area contributed by atoms with Crippen molar-refractivity contribution >= 4 is 11.9 Å². The average molecular weight is 565 g/mol. The number of hydrogen-bond acceptors (Lipinski definition) is 5. The van der Waals surface area contributed by atoms with Gasteiger partial charge in [-0.3, -0.25) is 0 Å². The molecule has 40 heavy (non-hydrogen) atoms. The number of unbranched alkanes of at least 4 members (excludes halogenated alkanes) is 13. The minimum Gasteiger partial charge on any atom is -0.462 e. The molecule has 0 atom stereocenters. The Balaban J connectivity index is 1.61. The summed E-state index contributed by atoms with van der Waals surface area (Å²) in [4.78, 5) is 25.2. The lowest BCUT2D eigenvalue weighted by Gasteiger charge is -2.11. The van der Waals surface area contributed by atoms with E-state index in [-0.39, 0.29) is 30.1 Å². The van der Waals surface area contributed by atoms with E-state index in [9.17, 15) is 22.8 Å². The maximum absolute atomic E-state index is 12.6. The Morgan fingerprint density at radius 2 is 1.07 bits per heavy atom. The molecule has 222 valence electrons. The topological polar surface area (TPSA) is 61.8 Å². The number of ether oxygens (including phenoxy) is 3. The number of carbonyl (C=O) groups excluding carboxylic acids is 2. The molecule has 0 aliphatic rings. The summed E-state index contributed by atoms with van der Waals surface area (Å²) in [6.07, 6.45) is 12.6. The second-order valence-electron chi connectivity index (χ2n) is 10.0. The fourth-order valence-electron chi connectivity index (χ4n) is 4.39. The summed E-state index contributed by atoms with van der Waals surface area (Å²) in [5, 5.41) is 0.